The Morgan fingerprint density at radius 3 is 2.43 bits per heavy atom. The molecule has 0 spiro atoms. The SMILES string of the molecule is C=CCCCCCCCCOC[C@H](O)[C@H]1OC[C@@H](O)[C@H]1O. The van der Waals surface area contributed by atoms with Gasteiger partial charge in [-0.15, -0.1) is 6.58 Å². The highest BCUT2D eigenvalue weighted by atomic mass is 16.5. The van der Waals surface area contributed by atoms with Crippen molar-refractivity contribution in [1.29, 1.82) is 0 Å². The van der Waals surface area contributed by atoms with Gasteiger partial charge in [0, 0.05) is 6.61 Å². The van der Waals surface area contributed by atoms with E-state index in [1.54, 1.807) is 0 Å². The minimum Gasteiger partial charge on any atom is -0.388 e. The van der Waals surface area contributed by atoms with E-state index < -0.39 is 24.4 Å². The Bertz CT molecular complexity index is 271. The number of hydrogen-bond acceptors (Lipinski definition) is 5. The Labute approximate surface area is 127 Å². The normalized spacial score (nSPS) is 26.9. The van der Waals surface area contributed by atoms with Gasteiger partial charge in [-0.3, -0.25) is 0 Å². The van der Waals surface area contributed by atoms with Gasteiger partial charge in [0.2, 0.25) is 0 Å². The second-order valence-electron chi connectivity index (χ2n) is 5.70. The molecule has 0 unspecified atom stereocenters. The smallest absolute Gasteiger partial charge is 0.114 e. The number of rotatable bonds is 12. The van der Waals surface area contributed by atoms with E-state index in [9.17, 15) is 15.3 Å². The minimum atomic E-state index is -1.03. The van der Waals surface area contributed by atoms with Crippen LogP contribution in [0.2, 0.25) is 0 Å². The van der Waals surface area contributed by atoms with Crippen molar-refractivity contribution in [3.63, 3.8) is 0 Å². The lowest BCUT2D eigenvalue weighted by atomic mass is 10.1. The van der Waals surface area contributed by atoms with Crippen molar-refractivity contribution >= 4 is 0 Å². The number of ether oxygens (including phenoxy) is 2. The maximum absolute atomic E-state index is 9.83. The average Bonchev–Trinajstić information content (AvgIpc) is 2.81. The van der Waals surface area contributed by atoms with Crippen LogP contribution in [0.4, 0.5) is 0 Å². The van der Waals surface area contributed by atoms with E-state index in [-0.39, 0.29) is 13.2 Å². The van der Waals surface area contributed by atoms with E-state index in [2.05, 4.69) is 6.58 Å². The molecule has 1 saturated heterocycles. The molecular formula is C16H30O5. The molecule has 1 aliphatic rings. The van der Waals surface area contributed by atoms with Crippen molar-refractivity contribution in [2.45, 2.75) is 69.4 Å². The fraction of sp³-hybridized carbons (Fsp3) is 0.875. The molecule has 5 heteroatoms. The molecule has 0 amide bonds. The third-order valence-electron chi connectivity index (χ3n) is 3.81. The van der Waals surface area contributed by atoms with Gasteiger partial charge in [0.25, 0.3) is 0 Å². The summed E-state index contributed by atoms with van der Waals surface area (Å²) in [5.74, 6) is 0. The molecule has 1 aliphatic heterocycles. The number of allylic oxidation sites excluding steroid dienone is 1. The summed E-state index contributed by atoms with van der Waals surface area (Å²) >= 11 is 0. The van der Waals surface area contributed by atoms with Gasteiger partial charge in [-0.25, -0.2) is 0 Å². The van der Waals surface area contributed by atoms with E-state index in [0.717, 1.165) is 19.3 Å². The Morgan fingerprint density at radius 1 is 1.14 bits per heavy atom. The molecule has 1 fully saturated rings. The molecule has 0 aromatic carbocycles. The third kappa shape index (κ3) is 7.38. The number of hydrogen-bond donors (Lipinski definition) is 3. The number of aliphatic hydroxyl groups is 3. The van der Waals surface area contributed by atoms with Crippen LogP contribution in [0.3, 0.4) is 0 Å². The van der Waals surface area contributed by atoms with Crippen molar-refractivity contribution in [1.82, 2.24) is 0 Å². The fourth-order valence-corrected chi connectivity index (χ4v) is 2.46. The zero-order chi connectivity index (χ0) is 15.5. The monoisotopic (exact) mass is 302 g/mol. The van der Waals surface area contributed by atoms with Crippen LogP contribution in [0.1, 0.15) is 44.9 Å². The highest BCUT2D eigenvalue weighted by Crippen LogP contribution is 2.17. The Morgan fingerprint density at radius 2 is 1.81 bits per heavy atom. The predicted molar refractivity (Wildman–Crippen MR) is 81.1 cm³/mol. The van der Waals surface area contributed by atoms with E-state index in [1.807, 2.05) is 6.08 Å². The van der Waals surface area contributed by atoms with Gasteiger partial charge in [-0.05, 0) is 19.3 Å². The Balaban J connectivity index is 1.91. The molecule has 4 atom stereocenters. The maximum Gasteiger partial charge on any atom is 0.114 e. The van der Waals surface area contributed by atoms with E-state index in [4.69, 9.17) is 9.47 Å². The average molecular weight is 302 g/mol. The molecule has 1 heterocycles. The van der Waals surface area contributed by atoms with Gasteiger partial charge in [-0.2, -0.15) is 0 Å². The van der Waals surface area contributed by atoms with Gasteiger partial charge < -0.3 is 24.8 Å². The van der Waals surface area contributed by atoms with Gasteiger partial charge in [0.15, 0.2) is 0 Å². The minimum absolute atomic E-state index is 0.0642. The molecule has 1 rings (SSSR count). The van der Waals surface area contributed by atoms with Crippen molar-refractivity contribution < 1.29 is 24.8 Å². The summed E-state index contributed by atoms with van der Waals surface area (Å²) in [6.07, 6.45) is 6.53. The van der Waals surface area contributed by atoms with Gasteiger partial charge in [-0.1, -0.05) is 31.8 Å². The molecule has 3 N–H and O–H groups in total. The molecule has 0 saturated carbocycles. The number of unbranched alkanes of at least 4 members (excludes halogenated alkanes) is 6. The first-order valence-corrected chi connectivity index (χ1v) is 8.01. The number of aliphatic hydroxyl groups excluding tert-OH is 3. The summed E-state index contributed by atoms with van der Waals surface area (Å²) in [6, 6.07) is 0. The highest BCUT2D eigenvalue weighted by Gasteiger charge is 2.39. The summed E-state index contributed by atoms with van der Waals surface area (Å²) in [4.78, 5) is 0. The summed E-state index contributed by atoms with van der Waals surface area (Å²) in [5.41, 5.74) is 0. The van der Waals surface area contributed by atoms with Crippen molar-refractivity contribution in [2.75, 3.05) is 19.8 Å². The quantitative estimate of drug-likeness (QED) is 0.375. The Kier molecular flexibility index (Phi) is 9.87. The molecule has 0 aromatic rings. The first-order valence-electron chi connectivity index (χ1n) is 8.01. The van der Waals surface area contributed by atoms with Gasteiger partial charge >= 0.3 is 0 Å². The van der Waals surface area contributed by atoms with Crippen LogP contribution in [-0.4, -0.2) is 59.6 Å². The van der Waals surface area contributed by atoms with Crippen LogP contribution in [0.15, 0.2) is 12.7 Å². The Hall–Kier alpha value is -0.460. The van der Waals surface area contributed by atoms with Crippen molar-refractivity contribution in [3.8, 4) is 0 Å². The van der Waals surface area contributed by atoms with E-state index >= 15 is 0 Å². The summed E-state index contributed by atoms with van der Waals surface area (Å²) in [7, 11) is 0. The third-order valence-corrected chi connectivity index (χ3v) is 3.81. The summed E-state index contributed by atoms with van der Waals surface area (Å²) < 4.78 is 10.5. The topological polar surface area (TPSA) is 79.2 Å². The zero-order valence-electron chi connectivity index (χ0n) is 12.8. The lowest BCUT2D eigenvalue weighted by molar-refractivity contribution is -0.0813. The molecule has 0 radical (unpaired) electrons. The van der Waals surface area contributed by atoms with Gasteiger partial charge in [0.1, 0.15) is 24.4 Å². The second-order valence-corrected chi connectivity index (χ2v) is 5.70. The highest BCUT2D eigenvalue weighted by molar-refractivity contribution is 4.87. The molecule has 5 nitrogen and oxygen atoms in total. The van der Waals surface area contributed by atoms with Crippen molar-refractivity contribution in [3.05, 3.63) is 12.7 Å². The first kappa shape index (κ1) is 18.6. The standard InChI is InChI=1S/C16H30O5/c1-2-3-4-5-6-7-8-9-10-20-11-14(18)16-15(19)13(17)12-21-16/h2,13-19H,1,3-12H2/t13-,14+,15-,16-/m1/s1. The van der Waals surface area contributed by atoms with Crippen LogP contribution >= 0.6 is 0 Å². The summed E-state index contributed by atoms with van der Waals surface area (Å²) in [5, 5.41) is 28.8. The molecule has 124 valence electrons. The van der Waals surface area contributed by atoms with Crippen LogP contribution < -0.4 is 0 Å². The lowest BCUT2D eigenvalue weighted by Crippen LogP contribution is -2.40. The predicted octanol–water partition coefficient (Wildman–Crippen LogP) is 1.40. The molecular weight excluding hydrogens is 272 g/mol. The van der Waals surface area contributed by atoms with Crippen LogP contribution in [-0.2, 0) is 9.47 Å². The molecule has 0 aromatic heterocycles. The zero-order valence-corrected chi connectivity index (χ0v) is 12.8. The van der Waals surface area contributed by atoms with Crippen LogP contribution in [0.25, 0.3) is 0 Å². The molecule has 21 heavy (non-hydrogen) atoms. The van der Waals surface area contributed by atoms with E-state index in [0.29, 0.717) is 6.61 Å². The fourth-order valence-electron chi connectivity index (χ4n) is 2.46. The molecule has 0 aliphatic carbocycles. The van der Waals surface area contributed by atoms with Crippen molar-refractivity contribution in [2.24, 2.45) is 0 Å². The summed E-state index contributed by atoms with van der Waals surface area (Å²) in [6.45, 7) is 4.51. The van der Waals surface area contributed by atoms with Crippen LogP contribution in [0.5, 0.6) is 0 Å². The molecule has 0 bridgehead atoms. The largest absolute Gasteiger partial charge is 0.388 e. The second kappa shape index (κ2) is 11.2. The lowest BCUT2D eigenvalue weighted by Gasteiger charge is -2.20. The maximum atomic E-state index is 9.83. The first-order chi connectivity index (χ1) is 10.2. The van der Waals surface area contributed by atoms with E-state index in [1.165, 1.54) is 25.7 Å². The van der Waals surface area contributed by atoms with Crippen LogP contribution in [0, 0.1) is 0 Å². The van der Waals surface area contributed by atoms with Gasteiger partial charge in [0.05, 0.1) is 13.2 Å².